The SMILES string of the molecule is CNc1nnsc1C(F)(F)F. The first-order valence-electron chi connectivity index (χ1n) is 2.63. The molecule has 62 valence electrons. The molecule has 1 rings (SSSR count). The van der Waals surface area contributed by atoms with E-state index in [2.05, 4.69) is 14.9 Å². The first kappa shape index (κ1) is 8.25. The third-order valence-corrected chi connectivity index (χ3v) is 1.75. The van der Waals surface area contributed by atoms with Crippen LogP contribution in [0.3, 0.4) is 0 Å². The van der Waals surface area contributed by atoms with Crippen molar-refractivity contribution in [1.82, 2.24) is 9.59 Å². The first-order valence-corrected chi connectivity index (χ1v) is 3.40. The van der Waals surface area contributed by atoms with Gasteiger partial charge >= 0.3 is 6.18 Å². The molecular formula is C4H4F3N3S. The molecule has 0 unspecified atom stereocenters. The number of halogens is 3. The fourth-order valence-electron chi connectivity index (χ4n) is 0.540. The van der Waals surface area contributed by atoms with Crippen molar-refractivity contribution in [3.63, 3.8) is 0 Å². The minimum atomic E-state index is -4.35. The van der Waals surface area contributed by atoms with E-state index in [0.717, 1.165) is 0 Å². The molecule has 1 N–H and O–H groups in total. The maximum atomic E-state index is 12.0. The van der Waals surface area contributed by atoms with Gasteiger partial charge in [0.1, 0.15) is 0 Å². The van der Waals surface area contributed by atoms with Gasteiger partial charge in [0, 0.05) is 7.05 Å². The van der Waals surface area contributed by atoms with Crippen molar-refractivity contribution in [2.75, 3.05) is 12.4 Å². The van der Waals surface area contributed by atoms with Crippen LogP contribution in [0, 0.1) is 0 Å². The van der Waals surface area contributed by atoms with E-state index in [1.807, 2.05) is 0 Å². The molecule has 3 nitrogen and oxygen atoms in total. The summed E-state index contributed by atoms with van der Waals surface area (Å²) in [4.78, 5) is -0.792. The third-order valence-electron chi connectivity index (χ3n) is 0.982. The van der Waals surface area contributed by atoms with E-state index in [0.29, 0.717) is 11.5 Å². The average Bonchev–Trinajstić information content (AvgIpc) is 2.31. The molecule has 0 aromatic carbocycles. The minimum absolute atomic E-state index is 0.220. The van der Waals surface area contributed by atoms with Crippen molar-refractivity contribution in [3.05, 3.63) is 4.88 Å². The second kappa shape index (κ2) is 2.65. The molecule has 0 aliphatic carbocycles. The number of hydrogen-bond acceptors (Lipinski definition) is 4. The number of hydrogen-bond donors (Lipinski definition) is 1. The number of rotatable bonds is 1. The fraction of sp³-hybridized carbons (Fsp3) is 0.500. The number of nitrogens with zero attached hydrogens (tertiary/aromatic N) is 2. The van der Waals surface area contributed by atoms with Crippen molar-refractivity contribution in [2.45, 2.75) is 6.18 Å². The lowest BCUT2D eigenvalue weighted by Crippen LogP contribution is -2.05. The Morgan fingerprint density at radius 3 is 2.45 bits per heavy atom. The Morgan fingerprint density at radius 2 is 2.09 bits per heavy atom. The molecule has 1 heterocycles. The third kappa shape index (κ3) is 1.59. The summed E-state index contributed by atoms with van der Waals surface area (Å²) in [6.07, 6.45) is -4.35. The Labute approximate surface area is 64.4 Å². The van der Waals surface area contributed by atoms with Gasteiger partial charge in [-0.2, -0.15) is 13.2 Å². The largest absolute Gasteiger partial charge is 0.430 e. The Balaban J connectivity index is 3.02. The minimum Gasteiger partial charge on any atom is -0.370 e. The van der Waals surface area contributed by atoms with Crippen LogP contribution in [0.5, 0.6) is 0 Å². The van der Waals surface area contributed by atoms with Crippen LogP contribution >= 0.6 is 11.5 Å². The lowest BCUT2D eigenvalue weighted by molar-refractivity contribution is -0.133. The zero-order valence-corrected chi connectivity index (χ0v) is 6.25. The highest BCUT2D eigenvalue weighted by molar-refractivity contribution is 7.06. The monoisotopic (exact) mass is 183 g/mol. The molecule has 0 amide bonds. The van der Waals surface area contributed by atoms with E-state index in [1.165, 1.54) is 7.05 Å². The topological polar surface area (TPSA) is 37.8 Å². The summed E-state index contributed by atoms with van der Waals surface area (Å²) < 4.78 is 39.0. The summed E-state index contributed by atoms with van der Waals surface area (Å²) >= 11 is 0.332. The van der Waals surface area contributed by atoms with E-state index in [1.54, 1.807) is 0 Å². The molecule has 0 spiro atoms. The molecule has 0 saturated heterocycles. The molecular weight excluding hydrogens is 179 g/mol. The Kier molecular flexibility index (Phi) is 1.99. The maximum Gasteiger partial charge on any atom is 0.430 e. The molecule has 11 heavy (non-hydrogen) atoms. The molecule has 0 aliphatic heterocycles. The van der Waals surface area contributed by atoms with Crippen LogP contribution in [0.15, 0.2) is 0 Å². The summed E-state index contributed by atoms with van der Waals surface area (Å²) in [6.45, 7) is 0. The van der Waals surface area contributed by atoms with E-state index in [4.69, 9.17) is 0 Å². The van der Waals surface area contributed by atoms with Crippen molar-refractivity contribution >= 4 is 17.4 Å². The standard InChI is InChI=1S/C4H4F3N3S/c1-8-3-2(4(5,6)7)11-10-9-3/h8H,1H3. The molecule has 1 aromatic heterocycles. The molecule has 7 heteroatoms. The first-order chi connectivity index (χ1) is 5.05. The highest BCUT2D eigenvalue weighted by atomic mass is 32.1. The van der Waals surface area contributed by atoms with Crippen molar-refractivity contribution in [1.29, 1.82) is 0 Å². The Hall–Kier alpha value is -0.850. The predicted molar refractivity (Wildman–Crippen MR) is 34.5 cm³/mol. The maximum absolute atomic E-state index is 12.0. The summed E-state index contributed by atoms with van der Waals surface area (Å²) in [5.41, 5.74) is 0. The molecule has 0 aliphatic rings. The van der Waals surface area contributed by atoms with Gasteiger partial charge in [-0.25, -0.2) is 0 Å². The van der Waals surface area contributed by atoms with E-state index >= 15 is 0 Å². The smallest absolute Gasteiger partial charge is 0.370 e. The fourth-order valence-corrected chi connectivity index (χ4v) is 1.08. The van der Waals surface area contributed by atoms with Gasteiger partial charge in [-0.3, -0.25) is 0 Å². The predicted octanol–water partition coefficient (Wildman–Crippen LogP) is 1.60. The van der Waals surface area contributed by atoms with Crippen LogP contribution in [0.2, 0.25) is 0 Å². The van der Waals surface area contributed by atoms with Crippen molar-refractivity contribution in [2.24, 2.45) is 0 Å². The van der Waals surface area contributed by atoms with E-state index < -0.39 is 11.1 Å². The summed E-state index contributed by atoms with van der Waals surface area (Å²) in [7, 11) is 1.37. The van der Waals surface area contributed by atoms with Gasteiger partial charge in [0.25, 0.3) is 0 Å². The number of nitrogens with one attached hydrogen (secondary N) is 1. The lowest BCUT2D eigenvalue weighted by atomic mass is 10.5. The highest BCUT2D eigenvalue weighted by Crippen LogP contribution is 2.35. The lowest BCUT2D eigenvalue weighted by Gasteiger charge is -2.02. The van der Waals surface area contributed by atoms with Crippen LogP contribution < -0.4 is 5.32 Å². The molecule has 0 saturated carbocycles. The molecule has 0 atom stereocenters. The van der Waals surface area contributed by atoms with Gasteiger partial charge in [0.05, 0.1) is 0 Å². The van der Waals surface area contributed by atoms with E-state index in [9.17, 15) is 13.2 Å². The van der Waals surface area contributed by atoms with E-state index in [-0.39, 0.29) is 5.82 Å². The van der Waals surface area contributed by atoms with Crippen LogP contribution in [0.25, 0.3) is 0 Å². The van der Waals surface area contributed by atoms with Gasteiger partial charge in [0.2, 0.25) is 0 Å². The summed E-state index contributed by atoms with van der Waals surface area (Å²) in [6, 6.07) is 0. The number of anilines is 1. The zero-order chi connectivity index (χ0) is 8.48. The normalized spacial score (nSPS) is 11.6. The van der Waals surface area contributed by atoms with Crippen LogP contribution in [0.4, 0.5) is 19.0 Å². The molecule has 1 aromatic rings. The van der Waals surface area contributed by atoms with Gasteiger partial charge in [-0.05, 0) is 11.5 Å². The highest BCUT2D eigenvalue weighted by Gasteiger charge is 2.36. The van der Waals surface area contributed by atoms with Crippen molar-refractivity contribution < 1.29 is 13.2 Å². The second-order valence-electron chi connectivity index (χ2n) is 1.70. The van der Waals surface area contributed by atoms with Crippen LogP contribution in [-0.2, 0) is 6.18 Å². The summed E-state index contributed by atoms with van der Waals surface area (Å²) in [5, 5.41) is 5.54. The molecule has 0 bridgehead atoms. The number of alkyl halides is 3. The van der Waals surface area contributed by atoms with Gasteiger partial charge in [-0.15, -0.1) is 5.10 Å². The Morgan fingerprint density at radius 1 is 1.45 bits per heavy atom. The van der Waals surface area contributed by atoms with Gasteiger partial charge < -0.3 is 5.32 Å². The van der Waals surface area contributed by atoms with Crippen LogP contribution in [0.1, 0.15) is 4.88 Å². The quantitative estimate of drug-likeness (QED) is 0.718. The number of aromatic nitrogens is 2. The zero-order valence-electron chi connectivity index (χ0n) is 5.44. The Bertz CT molecular complexity index is 243. The van der Waals surface area contributed by atoms with Gasteiger partial charge in [0.15, 0.2) is 10.7 Å². The molecule has 0 radical (unpaired) electrons. The molecule has 0 fully saturated rings. The van der Waals surface area contributed by atoms with Gasteiger partial charge in [-0.1, -0.05) is 4.49 Å². The second-order valence-corrected chi connectivity index (χ2v) is 2.45. The average molecular weight is 183 g/mol. The van der Waals surface area contributed by atoms with Crippen LogP contribution in [-0.4, -0.2) is 16.6 Å². The summed E-state index contributed by atoms with van der Waals surface area (Å²) in [5.74, 6) is -0.220. The van der Waals surface area contributed by atoms with Crippen molar-refractivity contribution in [3.8, 4) is 0 Å².